The van der Waals surface area contributed by atoms with E-state index in [1.807, 2.05) is 12.2 Å². The Morgan fingerprint density at radius 1 is 1.15 bits per heavy atom. The maximum atomic E-state index is 12.4. The van der Waals surface area contributed by atoms with Crippen molar-refractivity contribution in [1.29, 1.82) is 0 Å². The highest BCUT2D eigenvalue weighted by molar-refractivity contribution is 5.97. The van der Waals surface area contributed by atoms with Gasteiger partial charge in [-0.3, -0.25) is 10.1 Å². The minimum atomic E-state index is -3.05. The van der Waals surface area contributed by atoms with Crippen molar-refractivity contribution in [2.45, 2.75) is 39.8 Å². The number of urea groups is 1. The Bertz CT molecular complexity index is 669. The van der Waals surface area contributed by atoms with Crippen LogP contribution in [0.5, 0.6) is 11.5 Å². The lowest BCUT2D eigenvalue weighted by Gasteiger charge is -2.13. The lowest BCUT2D eigenvalue weighted by atomic mass is 10.2. The molecule has 150 valence electrons. The summed E-state index contributed by atoms with van der Waals surface area (Å²) in [7, 11) is 0. The number of ether oxygens (including phenoxy) is 3. The Labute approximate surface area is 155 Å². The molecular weight excluding hydrogens is 366 g/mol. The highest BCUT2D eigenvalue weighted by Crippen LogP contribution is 2.30. The molecule has 1 aromatic rings. The number of halogens is 2. The average molecular weight is 388 g/mol. The summed E-state index contributed by atoms with van der Waals surface area (Å²) in [4.78, 5) is 35.1. The molecule has 0 radical (unpaired) electrons. The highest BCUT2D eigenvalue weighted by atomic mass is 19.3. The average Bonchev–Trinajstić information content (AvgIpc) is 2.60. The van der Waals surface area contributed by atoms with E-state index >= 15 is 0 Å². The Morgan fingerprint density at radius 3 is 2.44 bits per heavy atom. The minimum absolute atomic E-state index is 0.0306. The van der Waals surface area contributed by atoms with Gasteiger partial charge in [0.2, 0.25) is 0 Å². The second-order valence-electron chi connectivity index (χ2n) is 5.38. The fourth-order valence-corrected chi connectivity index (χ4v) is 1.84. The third kappa shape index (κ3) is 7.89. The molecule has 0 bridgehead atoms. The SMILES string of the molecule is CCOc1cc(C(=O)OCC(=O)NC(=O)N[C@@H](C)CC)ccc1OC(F)F. The molecule has 10 heteroatoms. The number of amides is 3. The number of esters is 1. The first-order valence-corrected chi connectivity index (χ1v) is 8.25. The van der Waals surface area contributed by atoms with Crippen LogP contribution in [0.4, 0.5) is 13.6 Å². The van der Waals surface area contributed by atoms with E-state index < -0.39 is 31.1 Å². The van der Waals surface area contributed by atoms with Crippen molar-refractivity contribution in [2.24, 2.45) is 0 Å². The van der Waals surface area contributed by atoms with E-state index in [1.54, 1.807) is 13.8 Å². The Hall–Kier alpha value is -2.91. The van der Waals surface area contributed by atoms with E-state index in [0.29, 0.717) is 6.42 Å². The maximum absolute atomic E-state index is 12.4. The largest absolute Gasteiger partial charge is 0.490 e. The first-order valence-electron chi connectivity index (χ1n) is 8.25. The summed E-state index contributed by atoms with van der Waals surface area (Å²) in [5.74, 6) is -2.00. The molecule has 1 atom stereocenters. The quantitative estimate of drug-likeness (QED) is 0.630. The van der Waals surface area contributed by atoms with Gasteiger partial charge in [-0.2, -0.15) is 8.78 Å². The normalized spacial score (nSPS) is 11.5. The Kier molecular flexibility index (Phi) is 8.97. The number of hydrogen-bond acceptors (Lipinski definition) is 6. The van der Waals surface area contributed by atoms with Crippen molar-refractivity contribution in [3.63, 3.8) is 0 Å². The number of carbonyl (C=O) groups excluding carboxylic acids is 3. The number of nitrogens with one attached hydrogen (secondary N) is 2. The number of hydrogen-bond donors (Lipinski definition) is 2. The van der Waals surface area contributed by atoms with Gasteiger partial charge in [0.15, 0.2) is 18.1 Å². The summed E-state index contributed by atoms with van der Waals surface area (Å²) in [5, 5.41) is 4.54. The molecule has 0 aliphatic carbocycles. The van der Waals surface area contributed by atoms with Crippen LogP contribution in [0.1, 0.15) is 37.6 Å². The first kappa shape index (κ1) is 22.1. The molecule has 3 amide bonds. The second kappa shape index (κ2) is 10.9. The molecule has 0 saturated carbocycles. The molecule has 1 rings (SSSR count). The molecule has 0 heterocycles. The van der Waals surface area contributed by atoms with E-state index in [-0.39, 0.29) is 29.7 Å². The molecule has 1 aromatic carbocycles. The topological polar surface area (TPSA) is 103 Å². The van der Waals surface area contributed by atoms with Gasteiger partial charge in [0.05, 0.1) is 12.2 Å². The van der Waals surface area contributed by atoms with Gasteiger partial charge < -0.3 is 19.5 Å². The number of imide groups is 1. The highest BCUT2D eigenvalue weighted by Gasteiger charge is 2.17. The molecule has 0 aromatic heterocycles. The summed E-state index contributed by atoms with van der Waals surface area (Å²) in [6, 6.07) is 2.67. The molecule has 0 aliphatic rings. The van der Waals surface area contributed by atoms with Crippen LogP contribution in [0.2, 0.25) is 0 Å². The molecule has 8 nitrogen and oxygen atoms in total. The zero-order valence-electron chi connectivity index (χ0n) is 15.2. The van der Waals surface area contributed by atoms with Gasteiger partial charge in [-0.05, 0) is 38.5 Å². The molecule has 0 fully saturated rings. The second-order valence-corrected chi connectivity index (χ2v) is 5.38. The van der Waals surface area contributed by atoms with Crippen molar-refractivity contribution in [3.05, 3.63) is 23.8 Å². The van der Waals surface area contributed by atoms with Crippen LogP contribution in [-0.4, -0.2) is 43.8 Å². The van der Waals surface area contributed by atoms with E-state index in [4.69, 9.17) is 9.47 Å². The van der Waals surface area contributed by atoms with Gasteiger partial charge in [0.1, 0.15) is 0 Å². The summed E-state index contributed by atoms with van der Waals surface area (Å²) in [6.07, 6.45) is 0.685. The zero-order chi connectivity index (χ0) is 20.4. The standard InChI is InChI=1S/C17H22F2N2O6/c1-4-10(3)20-17(24)21-14(22)9-26-15(23)11-6-7-12(27-16(18)19)13(8-11)25-5-2/h6-8,10,16H,4-5,9H2,1-3H3,(H2,20,21,22,24)/t10-/m0/s1. The van der Waals surface area contributed by atoms with Crippen molar-refractivity contribution < 1.29 is 37.4 Å². The van der Waals surface area contributed by atoms with Crippen molar-refractivity contribution in [1.82, 2.24) is 10.6 Å². The van der Waals surface area contributed by atoms with Gasteiger partial charge in [-0.15, -0.1) is 0 Å². The van der Waals surface area contributed by atoms with Crippen molar-refractivity contribution in [2.75, 3.05) is 13.2 Å². The summed E-state index contributed by atoms with van der Waals surface area (Å²) in [6.45, 7) is 1.68. The zero-order valence-corrected chi connectivity index (χ0v) is 15.2. The summed E-state index contributed by atoms with van der Waals surface area (Å²) >= 11 is 0. The number of carbonyl (C=O) groups is 3. The predicted octanol–water partition coefficient (Wildman–Crippen LogP) is 2.47. The van der Waals surface area contributed by atoms with Crippen LogP contribution >= 0.6 is 0 Å². The molecular formula is C17H22F2N2O6. The van der Waals surface area contributed by atoms with Gasteiger partial charge in [-0.25, -0.2) is 9.59 Å². The molecule has 0 saturated heterocycles. The fourth-order valence-electron chi connectivity index (χ4n) is 1.84. The van der Waals surface area contributed by atoms with E-state index in [0.717, 1.165) is 12.1 Å². The third-order valence-corrected chi connectivity index (χ3v) is 3.27. The monoisotopic (exact) mass is 388 g/mol. The van der Waals surface area contributed by atoms with Gasteiger partial charge in [0, 0.05) is 6.04 Å². The van der Waals surface area contributed by atoms with Crippen LogP contribution in [0, 0.1) is 0 Å². The van der Waals surface area contributed by atoms with Crippen molar-refractivity contribution in [3.8, 4) is 11.5 Å². The van der Waals surface area contributed by atoms with Crippen LogP contribution in [-0.2, 0) is 9.53 Å². The molecule has 0 aliphatic heterocycles. The number of benzene rings is 1. The van der Waals surface area contributed by atoms with Crippen LogP contribution < -0.4 is 20.1 Å². The lowest BCUT2D eigenvalue weighted by molar-refractivity contribution is -0.123. The van der Waals surface area contributed by atoms with Gasteiger partial charge in [0.25, 0.3) is 5.91 Å². The molecule has 0 unspecified atom stereocenters. The number of alkyl halides is 2. The van der Waals surface area contributed by atoms with Gasteiger partial charge in [-0.1, -0.05) is 6.92 Å². The summed E-state index contributed by atoms with van der Waals surface area (Å²) in [5.41, 5.74) is -0.0306. The van der Waals surface area contributed by atoms with E-state index in [9.17, 15) is 23.2 Å². The smallest absolute Gasteiger partial charge is 0.387 e. The molecule has 0 spiro atoms. The van der Waals surface area contributed by atoms with E-state index in [1.165, 1.54) is 6.07 Å². The maximum Gasteiger partial charge on any atom is 0.387 e. The van der Waals surface area contributed by atoms with Crippen molar-refractivity contribution >= 4 is 17.9 Å². The Morgan fingerprint density at radius 2 is 1.85 bits per heavy atom. The molecule has 2 N–H and O–H groups in total. The lowest BCUT2D eigenvalue weighted by Crippen LogP contribution is -2.44. The van der Waals surface area contributed by atoms with Gasteiger partial charge >= 0.3 is 18.6 Å². The van der Waals surface area contributed by atoms with Crippen LogP contribution in [0.3, 0.4) is 0 Å². The summed E-state index contributed by atoms with van der Waals surface area (Å²) < 4.78 is 39.0. The van der Waals surface area contributed by atoms with Crippen LogP contribution in [0.15, 0.2) is 18.2 Å². The number of rotatable bonds is 9. The predicted molar refractivity (Wildman–Crippen MR) is 91.0 cm³/mol. The minimum Gasteiger partial charge on any atom is -0.490 e. The first-order chi connectivity index (χ1) is 12.8. The third-order valence-electron chi connectivity index (χ3n) is 3.27. The molecule has 27 heavy (non-hydrogen) atoms. The Balaban J connectivity index is 2.64. The fraction of sp³-hybridized carbons (Fsp3) is 0.471. The van der Waals surface area contributed by atoms with E-state index in [2.05, 4.69) is 10.1 Å². The van der Waals surface area contributed by atoms with Crippen LogP contribution in [0.25, 0.3) is 0 Å².